The number of thioether (sulfide) groups is 1. The van der Waals surface area contributed by atoms with Gasteiger partial charge in [0.2, 0.25) is 0 Å². The molecule has 2 aliphatic heterocycles. The Bertz CT molecular complexity index is 1420. The number of nitrogens with zero attached hydrogens (tertiary/aromatic N) is 5. The highest BCUT2D eigenvalue weighted by molar-refractivity contribution is 8.14. The summed E-state index contributed by atoms with van der Waals surface area (Å²) in [6.07, 6.45) is 2.04. The molecule has 5 rings (SSSR count). The van der Waals surface area contributed by atoms with E-state index >= 15 is 0 Å². The number of hydrogen-bond donors (Lipinski definition) is 1. The van der Waals surface area contributed by atoms with Gasteiger partial charge in [0.15, 0.2) is 10.5 Å². The zero-order valence-electron chi connectivity index (χ0n) is 24.1. The van der Waals surface area contributed by atoms with Crippen molar-refractivity contribution in [2.24, 2.45) is 11.0 Å². The first kappa shape index (κ1) is 31.2. The molecule has 1 amide bonds. The lowest BCUT2D eigenvalue weighted by atomic mass is 9.99. The predicted octanol–water partition coefficient (Wildman–Crippen LogP) is 4.22. The van der Waals surface area contributed by atoms with Crippen LogP contribution in [0.3, 0.4) is 0 Å². The van der Waals surface area contributed by atoms with E-state index in [1.54, 1.807) is 18.1 Å². The lowest BCUT2D eigenvalue weighted by molar-refractivity contribution is 0.0443. The van der Waals surface area contributed by atoms with Gasteiger partial charge in [-0.3, -0.25) is 25.0 Å². The third-order valence-corrected chi connectivity index (χ3v) is 7.47. The van der Waals surface area contributed by atoms with E-state index in [-0.39, 0.29) is 22.3 Å². The number of rotatable bonds is 5. The average Bonchev–Trinajstić information content (AvgIpc) is 3.78. The summed E-state index contributed by atoms with van der Waals surface area (Å²) in [7, 11) is 3.21. The summed E-state index contributed by atoms with van der Waals surface area (Å²) in [5.74, 6) is 12.7. The number of methoxy groups -OCH3 is 1. The predicted molar refractivity (Wildman–Crippen MR) is 159 cm³/mol. The quantitative estimate of drug-likeness (QED) is 0.514. The summed E-state index contributed by atoms with van der Waals surface area (Å²) in [6.45, 7) is 7.44. The summed E-state index contributed by atoms with van der Waals surface area (Å²) in [6, 6.07) is 2.83. The fourth-order valence-electron chi connectivity index (χ4n) is 4.04. The number of nitrogens with one attached hydrogen (secondary N) is 1. The second-order valence-corrected chi connectivity index (χ2v) is 10.5. The van der Waals surface area contributed by atoms with Crippen LogP contribution in [0.5, 0.6) is 5.75 Å². The maximum Gasteiger partial charge on any atom is 0.280 e. The molecule has 1 saturated carbocycles. The van der Waals surface area contributed by atoms with Crippen LogP contribution < -0.4 is 10.1 Å². The Morgan fingerprint density at radius 3 is 2.62 bits per heavy atom. The van der Waals surface area contributed by atoms with Crippen molar-refractivity contribution in [3.05, 3.63) is 41.5 Å². The molecule has 1 atom stereocenters. The number of carbonyl (C=O) groups is 1. The molecule has 2 aromatic rings. The Labute approximate surface area is 249 Å². The van der Waals surface area contributed by atoms with Gasteiger partial charge >= 0.3 is 0 Å². The van der Waals surface area contributed by atoms with Crippen molar-refractivity contribution in [2.75, 3.05) is 47.0 Å². The van der Waals surface area contributed by atoms with Gasteiger partial charge in [-0.1, -0.05) is 31.6 Å². The molecule has 1 N–H and O–H groups in total. The molecule has 3 aliphatic rings. The van der Waals surface area contributed by atoms with E-state index in [0.29, 0.717) is 42.1 Å². The monoisotopic (exact) mass is 596 g/mol. The molecular formula is C30H34F2N6O3S. The van der Waals surface area contributed by atoms with Crippen molar-refractivity contribution in [1.82, 2.24) is 25.2 Å². The van der Waals surface area contributed by atoms with Crippen molar-refractivity contribution in [3.63, 3.8) is 0 Å². The highest BCUT2D eigenvalue weighted by atomic mass is 32.2. The number of halogens is 2. The highest BCUT2D eigenvalue weighted by Gasteiger charge is 2.27. The van der Waals surface area contributed by atoms with Crippen LogP contribution in [0.25, 0.3) is 11.1 Å². The van der Waals surface area contributed by atoms with Crippen LogP contribution >= 0.6 is 11.8 Å². The van der Waals surface area contributed by atoms with E-state index in [2.05, 4.69) is 49.0 Å². The molecule has 2 fully saturated rings. The van der Waals surface area contributed by atoms with Crippen LogP contribution in [-0.2, 0) is 4.74 Å². The van der Waals surface area contributed by atoms with Gasteiger partial charge in [-0.15, -0.1) is 0 Å². The molecule has 1 unspecified atom stereocenters. The minimum atomic E-state index is -2.80. The van der Waals surface area contributed by atoms with Crippen LogP contribution in [0.1, 0.15) is 54.9 Å². The maximum atomic E-state index is 13.6. The molecular weight excluding hydrogens is 562 g/mol. The smallest absolute Gasteiger partial charge is 0.280 e. The molecule has 0 bridgehead atoms. The number of amidine groups is 1. The minimum Gasteiger partial charge on any atom is -0.494 e. The van der Waals surface area contributed by atoms with Gasteiger partial charge in [-0.05, 0) is 42.7 Å². The number of amides is 1. The van der Waals surface area contributed by atoms with E-state index in [4.69, 9.17) is 9.47 Å². The number of carbonyl (C=O) groups excluding carboxylic acids is 1. The van der Waals surface area contributed by atoms with Crippen LogP contribution in [0, 0.1) is 29.6 Å². The molecule has 2 aromatic heterocycles. The Balaban J connectivity index is 0.00000198. The second-order valence-electron chi connectivity index (χ2n) is 9.38. The number of pyridine rings is 2. The highest BCUT2D eigenvalue weighted by Crippen LogP contribution is 2.35. The number of ether oxygens (including phenoxy) is 2. The third-order valence-electron chi connectivity index (χ3n) is 6.41. The average molecular weight is 597 g/mol. The molecule has 0 aromatic carbocycles. The number of morpholine rings is 1. The minimum absolute atomic E-state index is 0.155. The van der Waals surface area contributed by atoms with E-state index in [1.807, 2.05) is 13.8 Å². The van der Waals surface area contributed by atoms with Gasteiger partial charge in [0, 0.05) is 43.4 Å². The topological polar surface area (TPSA) is 92.2 Å². The molecule has 0 radical (unpaired) electrons. The molecule has 9 nitrogen and oxygen atoms in total. The van der Waals surface area contributed by atoms with Gasteiger partial charge in [-0.2, -0.15) is 5.10 Å². The standard InChI is InChI=1S/C28H28F2N6O3S.C2H6/c1-35-25(8-7-18-5-6-18)40-28(34-35)33-27(37)22-16-31-19(4-3-9-36-10-12-39-13-11-36)14-20(22)21-15-23(26(29)30)32-17-24(21)38-2;1-2/h14-18,25-26H,5-6,9-13H2,1-2H3,(H,33,34,37);1-2H3. The first-order chi connectivity index (χ1) is 20.4. The Hall–Kier alpha value is -3.71. The number of aromatic nitrogens is 2. The molecule has 1 saturated heterocycles. The summed E-state index contributed by atoms with van der Waals surface area (Å²) < 4.78 is 37.9. The molecule has 222 valence electrons. The van der Waals surface area contributed by atoms with E-state index < -0.39 is 18.0 Å². The van der Waals surface area contributed by atoms with Crippen molar-refractivity contribution < 1.29 is 23.0 Å². The first-order valence-electron chi connectivity index (χ1n) is 13.8. The fourth-order valence-corrected chi connectivity index (χ4v) is 4.91. The Morgan fingerprint density at radius 2 is 1.93 bits per heavy atom. The van der Waals surface area contributed by atoms with E-state index in [9.17, 15) is 13.6 Å². The van der Waals surface area contributed by atoms with Crippen molar-refractivity contribution in [2.45, 2.75) is 38.5 Å². The van der Waals surface area contributed by atoms with Gasteiger partial charge in [0.25, 0.3) is 12.3 Å². The molecule has 42 heavy (non-hydrogen) atoms. The molecule has 1 aliphatic carbocycles. The van der Waals surface area contributed by atoms with Crippen LogP contribution in [0.4, 0.5) is 8.78 Å². The summed E-state index contributed by atoms with van der Waals surface area (Å²) in [5.41, 5.74) is 0.726. The maximum absolute atomic E-state index is 13.6. The van der Waals surface area contributed by atoms with Gasteiger partial charge in [-0.25, -0.2) is 13.8 Å². The lowest BCUT2D eigenvalue weighted by Crippen LogP contribution is -2.36. The molecule has 12 heteroatoms. The number of hydrazone groups is 1. The van der Waals surface area contributed by atoms with Crippen molar-refractivity contribution >= 4 is 22.8 Å². The lowest BCUT2D eigenvalue weighted by Gasteiger charge is -2.24. The third kappa shape index (κ3) is 8.19. The van der Waals surface area contributed by atoms with Gasteiger partial charge in [0.05, 0.1) is 38.6 Å². The van der Waals surface area contributed by atoms with E-state index in [1.165, 1.54) is 37.3 Å². The van der Waals surface area contributed by atoms with E-state index in [0.717, 1.165) is 25.9 Å². The fraction of sp³-hybridized carbons (Fsp3) is 0.467. The van der Waals surface area contributed by atoms with Crippen LogP contribution in [0.15, 0.2) is 29.6 Å². The first-order valence-corrected chi connectivity index (χ1v) is 14.7. The zero-order valence-corrected chi connectivity index (χ0v) is 24.9. The second kappa shape index (κ2) is 15.0. The van der Waals surface area contributed by atoms with Crippen LogP contribution in [-0.4, -0.2) is 83.3 Å². The summed E-state index contributed by atoms with van der Waals surface area (Å²) in [4.78, 5) is 23.8. The SMILES string of the molecule is CC.COc1cnc(C(F)F)cc1-c1cc(C#CCN2CCOCC2)ncc1C(=O)NC1=NN(C)C(C#CC2CC2)S1. The normalized spacial score (nSPS) is 18.1. The largest absolute Gasteiger partial charge is 0.494 e. The molecule has 0 spiro atoms. The summed E-state index contributed by atoms with van der Waals surface area (Å²) >= 11 is 1.34. The number of hydrogen-bond acceptors (Lipinski definition) is 9. The van der Waals surface area contributed by atoms with Gasteiger partial charge in [0.1, 0.15) is 17.1 Å². The number of alkyl halides is 2. The van der Waals surface area contributed by atoms with Crippen molar-refractivity contribution in [3.8, 4) is 40.6 Å². The Morgan fingerprint density at radius 1 is 1.17 bits per heavy atom. The van der Waals surface area contributed by atoms with Gasteiger partial charge < -0.3 is 9.47 Å². The van der Waals surface area contributed by atoms with Crippen molar-refractivity contribution in [1.29, 1.82) is 0 Å². The van der Waals surface area contributed by atoms with Crippen LogP contribution in [0.2, 0.25) is 0 Å². The Kier molecular flexibility index (Phi) is 11.1. The molecule has 4 heterocycles. The zero-order chi connectivity index (χ0) is 30.1. The summed E-state index contributed by atoms with van der Waals surface area (Å²) in [5, 5.41) is 9.09.